The highest BCUT2D eigenvalue weighted by atomic mass is 35.5. The molecule has 1 aromatic carbocycles. The third-order valence-electron chi connectivity index (χ3n) is 2.75. The van der Waals surface area contributed by atoms with E-state index in [1.165, 1.54) is 12.1 Å². The third-order valence-corrected chi connectivity index (χ3v) is 3.30. The number of nitrogens with zero attached hydrogens (tertiary/aromatic N) is 2. The van der Waals surface area contributed by atoms with Gasteiger partial charge >= 0.3 is 0 Å². The number of hydrogen-bond acceptors (Lipinski definition) is 4. The van der Waals surface area contributed by atoms with Crippen LogP contribution in [-0.4, -0.2) is 16.5 Å². The summed E-state index contributed by atoms with van der Waals surface area (Å²) in [5, 5.41) is 6.10. The van der Waals surface area contributed by atoms with Gasteiger partial charge in [-0.05, 0) is 25.5 Å². The molecule has 1 aromatic heterocycles. The average molecular weight is 329 g/mol. The van der Waals surface area contributed by atoms with Crippen LogP contribution in [0.25, 0.3) is 0 Å². The Morgan fingerprint density at radius 2 is 1.90 bits per heavy atom. The maximum Gasteiger partial charge on any atom is 0.224 e. The highest BCUT2D eigenvalue weighted by molar-refractivity contribution is 6.35. The van der Waals surface area contributed by atoms with Gasteiger partial charge < -0.3 is 10.6 Å². The zero-order valence-electron chi connectivity index (χ0n) is 11.7. The zero-order valence-corrected chi connectivity index (χ0v) is 13.2. The van der Waals surface area contributed by atoms with E-state index in [0.717, 1.165) is 18.5 Å². The largest absolute Gasteiger partial charge is 0.354 e. The SMILES string of the molecule is CCCNc1ncc(C)c(Nc2cc(Cl)c(F)c(Cl)c2)n1. The first-order valence-corrected chi connectivity index (χ1v) is 7.26. The fraction of sp³-hybridized carbons (Fsp3) is 0.286. The Bertz CT molecular complexity index is 626. The monoisotopic (exact) mass is 328 g/mol. The van der Waals surface area contributed by atoms with Crippen molar-refractivity contribution >= 4 is 40.7 Å². The lowest BCUT2D eigenvalue weighted by atomic mass is 10.3. The van der Waals surface area contributed by atoms with Crippen molar-refractivity contribution in [2.24, 2.45) is 0 Å². The van der Waals surface area contributed by atoms with Crippen LogP contribution in [0.5, 0.6) is 0 Å². The second-order valence-electron chi connectivity index (χ2n) is 4.53. The van der Waals surface area contributed by atoms with Gasteiger partial charge in [-0.3, -0.25) is 0 Å². The van der Waals surface area contributed by atoms with Crippen LogP contribution < -0.4 is 10.6 Å². The summed E-state index contributed by atoms with van der Waals surface area (Å²) < 4.78 is 13.4. The molecule has 0 spiro atoms. The van der Waals surface area contributed by atoms with Gasteiger partial charge in [0.05, 0.1) is 10.0 Å². The van der Waals surface area contributed by atoms with Gasteiger partial charge in [-0.15, -0.1) is 0 Å². The molecule has 4 nitrogen and oxygen atoms in total. The minimum atomic E-state index is -0.631. The normalized spacial score (nSPS) is 10.5. The van der Waals surface area contributed by atoms with Crippen LogP contribution in [0.2, 0.25) is 10.0 Å². The molecular formula is C14H15Cl2FN4. The number of aromatic nitrogens is 2. The summed E-state index contributed by atoms with van der Waals surface area (Å²) in [5.41, 5.74) is 1.42. The number of benzene rings is 1. The second kappa shape index (κ2) is 6.91. The summed E-state index contributed by atoms with van der Waals surface area (Å²) in [6, 6.07) is 2.92. The second-order valence-corrected chi connectivity index (χ2v) is 5.35. The van der Waals surface area contributed by atoms with Crippen LogP contribution in [0.15, 0.2) is 18.3 Å². The zero-order chi connectivity index (χ0) is 15.4. The van der Waals surface area contributed by atoms with Gasteiger partial charge in [-0.25, -0.2) is 9.37 Å². The topological polar surface area (TPSA) is 49.8 Å². The fourth-order valence-corrected chi connectivity index (χ4v) is 2.14. The number of nitrogens with one attached hydrogen (secondary N) is 2. The molecule has 1 heterocycles. The molecule has 0 radical (unpaired) electrons. The fourth-order valence-electron chi connectivity index (χ4n) is 1.65. The predicted octanol–water partition coefficient (Wildman–Crippen LogP) is 4.80. The molecule has 0 unspecified atom stereocenters. The molecule has 2 aromatic rings. The Balaban J connectivity index is 2.26. The van der Waals surface area contributed by atoms with Crippen molar-refractivity contribution in [1.29, 1.82) is 0 Å². The Morgan fingerprint density at radius 1 is 1.24 bits per heavy atom. The molecule has 0 fully saturated rings. The minimum Gasteiger partial charge on any atom is -0.354 e. The molecular weight excluding hydrogens is 314 g/mol. The Hall–Kier alpha value is -1.59. The van der Waals surface area contributed by atoms with Crippen molar-refractivity contribution in [2.45, 2.75) is 20.3 Å². The summed E-state index contributed by atoms with van der Waals surface area (Å²) in [4.78, 5) is 8.57. The van der Waals surface area contributed by atoms with Crippen molar-refractivity contribution < 1.29 is 4.39 Å². The van der Waals surface area contributed by atoms with Crippen molar-refractivity contribution in [3.8, 4) is 0 Å². The number of rotatable bonds is 5. The molecule has 0 saturated carbocycles. The third kappa shape index (κ3) is 3.95. The minimum absolute atomic E-state index is 0.0407. The van der Waals surface area contributed by atoms with E-state index in [-0.39, 0.29) is 10.0 Å². The molecule has 2 N–H and O–H groups in total. The first-order valence-electron chi connectivity index (χ1n) is 6.50. The molecule has 0 bridgehead atoms. The highest BCUT2D eigenvalue weighted by Gasteiger charge is 2.10. The summed E-state index contributed by atoms with van der Waals surface area (Å²) in [5.74, 6) is 0.514. The lowest BCUT2D eigenvalue weighted by Crippen LogP contribution is -2.07. The molecule has 0 saturated heterocycles. The van der Waals surface area contributed by atoms with E-state index in [1.54, 1.807) is 6.20 Å². The molecule has 0 atom stereocenters. The van der Waals surface area contributed by atoms with E-state index in [2.05, 4.69) is 27.5 Å². The van der Waals surface area contributed by atoms with Gasteiger partial charge in [0.2, 0.25) is 5.95 Å². The van der Waals surface area contributed by atoms with Crippen LogP contribution in [0.4, 0.5) is 21.8 Å². The van der Waals surface area contributed by atoms with Crippen LogP contribution in [0.3, 0.4) is 0 Å². The molecule has 0 aliphatic carbocycles. The Labute approximate surface area is 132 Å². The molecule has 0 aliphatic rings. The van der Waals surface area contributed by atoms with Crippen LogP contribution in [-0.2, 0) is 0 Å². The lowest BCUT2D eigenvalue weighted by Gasteiger charge is -2.11. The number of halogens is 3. The van der Waals surface area contributed by atoms with Crippen LogP contribution >= 0.6 is 23.2 Å². The van der Waals surface area contributed by atoms with Gasteiger partial charge in [0.25, 0.3) is 0 Å². The van der Waals surface area contributed by atoms with Crippen molar-refractivity contribution in [1.82, 2.24) is 9.97 Å². The van der Waals surface area contributed by atoms with Gasteiger partial charge in [0, 0.05) is 24.0 Å². The quantitative estimate of drug-likeness (QED) is 0.774. The van der Waals surface area contributed by atoms with Gasteiger partial charge in [-0.1, -0.05) is 30.1 Å². The number of hydrogen-bond donors (Lipinski definition) is 2. The summed E-state index contributed by atoms with van der Waals surface area (Å²) in [6.45, 7) is 4.72. The van der Waals surface area contributed by atoms with Crippen LogP contribution in [0, 0.1) is 12.7 Å². The van der Waals surface area contributed by atoms with E-state index in [4.69, 9.17) is 23.2 Å². The molecule has 112 valence electrons. The van der Waals surface area contributed by atoms with E-state index < -0.39 is 5.82 Å². The Kier molecular flexibility index (Phi) is 5.20. The predicted molar refractivity (Wildman–Crippen MR) is 85.3 cm³/mol. The van der Waals surface area contributed by atoms with E-state index in [9.17, 15) is 4.39 Å². The van der Waals surface area contributed by atoms with Gasteiger partial charge in [-0.2, -0.15) is 4.98 Å². The smallest absolute Gasteiger partial charge is 0.224 e. The maximum atomic E-state index is 13.4. The van der Waals surface area contributed by atoms with E-state index >= 15 is 0 Å². The molecule has 21 heavy (non-hydrogen) atoms. The molecule has 0 amide bonds. The van der Waals surface area contributed by atoms with Crippen LogP contribution in [0.1, 0.15) is 18.9 Å². The first kappa shape index (κ1) is 15.8. The van der Waals surface area contributed by atoms with Gasteiger partial charge in [0.15, 0.2) is 5.82 Å². The summed E-state index contributed by atoms with van der Waals surface area (Å²) in [6.07, 6.45) is 2.68. The summed E-state index contributed by atoms with van der Waals surface area (Å²) in [7, 11) is 0. The highest BCUT2D eigenvalue weighted by Crippen LogP contribution is 2.29. The standard InChI is InChI=1S/C14H15Cl2FN4/c1-3-4-18-14-19-7-8(2)13(21-14)20-9-5-10(15)12(17)11(16)6-9/h5-7H,3-4H2,1-2H3,(H2,18,19,20,21). The van der Waals surface area contributed by atoms with E-state index in [1.807, 2.05) is 6.92 Å². The van der Waals surface area contributed by atoms with Gasteiger partial charge in [0.1, 0.15) is 5.82 Å². The Morgan fingerprint density at radius 3 is 2.52 bits per heavy atom. The summed E-state index contributed by atoms with van der Waals surface area (Å²) >= 11 is 11.6. The van der Waals surface area contributed by atoms with E-state index in [0.29, 0.717) is 17.5 Å². The first-order chi connectivity index (χ1) is 10.0. The van der Waals surface area contributed by atoms with Crippen molar-refractivity contribution in [3.05, 3.63) is 39.8 Å². The van der Waals surface area contributed by atoms with Crippen molar-refractivity contribution in [2.75, 3.05) is 17.2 Å². The molecule has 0 aliphatic heterocycles. The van der Waals surface area contributed by atoms with Crippen molar-refractivity contribution in [3.63, 3.8) is 0 Å². The number of anilines is 3. The molecule has 2 rings (SSSR count). The molecule has 7 heteroatoms. The average Bonchev–Trinajstić information content (AvgIpc) is 2.45. The maximum absolute atomic E-state index is 13.4. The lowest BCUT2D eigenvalue weighted by molar-refractivity contribution is 0.629. The number of aryl methyl sites for hydroxylation is 1.